The smallest absolute Gasteiger partial charge is 0.305 e. The minimum Gasteiger partial charge on any atom is -0.394 e. The van der Waals surface area contributed by atoms with E-state index < -0.39 is 16.4 Å². The van der Waals surface area contributed by atoms with Crippen molar-refractivity contribution >= 4 is 17.3 Å². The summed E-state index contributed by atoms with van der Waals surface area (Å²) in [5.41, 5.74) is -0.741. The lowest BCUT2D eigenvalue weighted by molar-refractivity contribution is -0.384. The third kappa shape index (κ3) is 3.49. The van der Waals surface area contributed by atoms with Crippen LogP contribution in [0.2, 0.25) is 0 Å². The minimum absolute atomic E-state index is 0.00229. The summed E-state index contributed by atoms with van der Waals surface area (Å²) in [5, 5.41) is 23.5. The van der Waals surface area contributed by atoms with E-state index in [0.29, 0.717) is 12.2 Å². The second kappa shape index (κ2) is 6.53. The van der Waals surface area contributed by atoms with Gasteiger partial charge < -0.3 is 15.3 Å². The van der Waals surface area contributed by atoms with Crippen molar-refractivity contribution in [2.45, 2.75) is 26.3 Å². The van der Waals surface area contributed by atoms with E-state index >= 15 is 0 Å². The van der Waals surface area contributed by atoms with E-state index in [1.807, 2.05) is 6.92 Å². The average Bonchev–Trinajstić information content (AvgIpc) is 2.45. The molecule has 1 aromatic rings. The van der Waals surface area contributed by atoms with Gasteiger partial charge in [-0.05, 0) is 32.9 Å². The number of amides is 1. The van der Waals surface area contributed by atoms with E-state index in [1.165, 1.54) is 18.0 Å². The number of hydrogen-bond acceptors (Lipinski definition) is 5. The molecule has 0 unspecified atom stereocenters. The van der Waals surface area contributed by atoms with Gasteiger partial charge in [-0.1, -0.05) is 6.07 Å². The highest BCUT2D eigenvalue weighted by Gasteiger charge is 2.32. The molecule has 2 N–H and O–H groups in total. The van der Waals surface area contributed by atoms with Crippen LogP contribution in [0.1, 0.15) is 31.1 Å². The summed E-state index contributed by atoms with van der Waals surface area (Å²) >= 11 is 0. The SMILES string of the molecule is CCNc1cccc(C(=O)N(C)C(C)(C)CO)c1[N+](=O)[O-]. The maximum Gasteiger partial charge on any atom is 0.305 e. The predicted octanol–water partition coefficient (Wildman–Crippen LogP) is 1.87. The first-order chi connectivity index (χ1) is 9.76. The zero-order valence-electron chi connectivity index (χ0n) is 12.7. The molecular weight excluding hydrogens is 274 g/mol. The first-order valence-electron chi connectivity index (χ1n) is 6.66. The molecule has 116 valence electrons. The minimum atomic E-state index is -0.806. The van der Waals surface area contributed by atoms with Crippen molar-refractivity contribution in [2.75, 3.05) is 25.5 Å². The molecule has 0 aromatic heterocycles. The second-order valence-corrected chi connectivity index (χ2v) is 5.32. The molecule has 0 bridgehead atoms. The Bertz CT molecular complexity index is 543. The number of aliphatic hydroxyl groups excluding tert-OH is 1. The van der Waals surface area contributed by atoms with E-state index in [9.17, 15) is 20.0 Å². The van der Waals surface area contributed by atoms with Gasteiger partial charge in [0.05, 0.1) is 17.1 Å². The Balaban J connectivity index is 3.33. The van der Waals surface area contributed by atoms with Crippen LogP contribution in [0.15, 0.2) is 18.2 Å². The number of carbonyl (C=O) groups is 1. The number of carbonyl (C=O) groups excluding carboxylic acids is 1. The van der Waals surface area contributed by atoms with Gasteiger partial charge in [0, 0.05) is 13.6 Å². The number of likely N-dealkylation sites (N-methyl/N-ethyl adjacent to an activating group) is 1. The molecule has 1 amide bonds. The molecule has 0 saturated heterocycles. The predicted molar refractivity (Wildman–Crippen MR) is 80.5 cm³/mol. The fourth-order valence-corrected chi connectivity index (χ4v) is 1.81. The molecule has 0 saturated carbocycles. The molecule has 1 rings (SSSR count). The first-order valence-corrected chi connectivity index (χ1v) is 6.66. The molecule has 0 aliphatic rings. The molecule has 0 aliphatic carbocycles. The summed E-state index contributed by atoms with van der Waals surface area (Å²) in [6, 6.07) is 4.58. The van der Waals surface area contributed by atoms with Crippen LogP contribution in [-0.4, -0.2) is 46.6 Å². The first kappa shape index (κ1) is 16.9. The lowest BCUT2D eigenvalue weighted by atomic mass is 10.0. The van der Waals surface area contributed by atoms with Gasteiger partial charge in [0.15, 0.2) is 0 Å². The number of nitro groups is 1. The molecule has 0 aliphatic heterocycles. The van der Waals surface area contributed by atoms with Gasteiger partial charge in [0.25, 0.3) is 5.91 Å². The maximum absolute atomic E-state index is 12.5. The number of nitrogens with zero attached hydrogens (tertiary/aromatic N) is 2. The summed E-state index contributed by atoms with van der Waals surface area (Å²) < 4.78 is 0. The van der Waals surface area contributed by atoms with Crippen molar-refractivity contribution in [2.24, 2.45) is 0 Å². The summed E-state index contributed by atoms with van der Waals surface area (Å²) in [4.78, 5) is 24.6. The molecule has 0 radical (unpaired) electrons. The van der Waals surface area contributed by atoms with Gasteiger partial charge in [0.2, 0.25) is 0 Å². The van der Waals surface area contributed by atoms with Crippen LogP contribution in [0.25, 0.3) is 0 Å². The van der Waals surface area contributed by atoms with Crippen LogP contribution >= 0.6 is 0 Å². The topological polar surface area (TPSA) is 95.7 Å². The number of rotatable bonds is 6. The second-order valence-electron chi connectivity index (χ2n) is 5.32. The maximum atomic E-state index is 12.5. The lowest BCUT2D eigenvalue weighted by Gasteiger charge is -2.33. The van der Waals surface area contributed by atoms with Crippen LogP contribution in [0.3, 0.4) is 0 Å². The molecule has 7 nitrogen and oxygen atoms in total. The zero-order valence-corrected chi connectivity index (χ0v) is 12.7. The average molecular weight is 295 g/mol. The molecule has 7 heteroatoms. The number of para-hydroxylation sites is 1. The highest BCUT2D eigenvalue weighted by atomic mass is 16.6. The lowest BCUT2D eigenvalue weighted by Crippen LogP contribution is -2.47. The van der Waals surface area contributed by atoms with Gasteiger partial charge in [0.1, 0.15) is 11.3 Å². The molecule has 1 aromatic carbocycles. The van der Waals surface area contributed by atoms with Crippen molar-refractivity contribution in [3.63, 3.8) is 0 Å². The van der Waals surface area contributed by atoms with Crippen LogP contribution < -0.4 is 5.32 Å². The van der Waals surface area contributed by atoms with Gasteiger partial charge in [-0.3, -0.25) is 14.9 Å². The van der Waals surface area contributed by atoms with Crippen molar-refractivity contribution in [3.05, 3.63) is 33.9 Å². The largest absolute Gasteiger partial charge is 0.394 e. The number of anilines is 1. The summed E-state index contributed by atoms with van der Waals surface area (Å²) in [6.07, 6.45) is 0. The van der Waals surface area contributed by atoms with Gasteiger partial charge >= 0.3 is 5.69 Å². The highest BCUT2D eigenvalue weighted by Crippen LogP contribution is 2.30. The Morgan fingerprint density at radius 1 is 1.48 bits per heavy atom. The van der Waals surface area contributed by atoms with Gasteiger partial charge in [-0.25, -0.2) is 0 Å². The standard InChI is InChI=1S/C14H21N3O4/c1-5-15-11-8-6-7-10(12(11)17(20)21)13(19)16(4)14(2,3)9-18/h6-8,15,18H,5,9H2,1-4H3. The Morgan fingerprint density at radius 3 is 2.57 bits per heavy atom. The fraction of sp³-hybridized carbons (Fsp3) is 0.500. The number of aliphatic hydroxyl groups is 1. The van der Waals surface area contributed by atoms with E-state index in [-0.39, 0.29) is 17.9 Å². The quantitative estimate of drug-likeness (QED) is 0.617. The molecule has 0 atom stereocenters. The van der Waals surface area contributed by atoms with E-state index in [4.69, 9.17) is 0 Å². The van der Waals surface area contributed by atoms with Crippen LogP contribution in [0.5, 0.6) is 0 Å². The Labute approximate surface area is 123 Å². The number of hydrogen-bond donors (Lipinski definition) is 2. The fourth-order valence-electron chi connectivity index (χ4n) is 1.81. The summed E-state index contributed by atoms with van der Waals surface area (Å²) in [5.74, 6) is -0.500. The number of benzene rings is 1. The van der Waals surface area contributed by atoms with Gasteiger partial charge in [-0.2, -0.15) is 0 Å². The Hall–Kier alpha value is -2.15. The summed E-state index contributed by atoms with van der Waals surface area (Å²) in [6.45, 7) is 5.46. The zero-order chi connectivity index (χ0) is 16.2. The summed E-state index contributed by atoms with van der Waals surface area (Å²) in [7, 11) is 1.52. The normalized spacial score (nSPS) is 11.1. The van der Waals surface area contributed by atoms with E-state index in [1.54, 1.807) is 26.0 Å². The highest BCUT2D eigenvalue weighted by molar-refractivity contribution is 6.00. The van der Waals surface area contributed by atoms with E-state index in [2.05, 4.69) is 5.32 Å². The molecule has 0 heterocycles. The van der Waals surface area contributed by atoms with Crippen LogP contribution in [-0.2, 0) is 0 Å². The van der Waals surface area contributed by atoms with Gasteiger partial charge in [-0.15, -0.1) is 0 Å². The molecule has 0 spiro atoms. The third-order valence-electron chi connectivity index (χ3n) is 3.42. The molecule has 21 heavy (non-hydrogen) atoms. The van der Waals surface area contributed by atoms with Crippen molar-refractivity contribution in [1.29, 1.82) is 0 Å². The van der Waals surface area contributed by atoms with E-state index in [0.717, 1.165) is 0 Å². The molecule has 0 fully saturated rings. The Kier molecular flexibility index (Phi) is 5.26. The number of nitrogens with one attached hydrogen (secondary N) is 1. The molecular formula is C14H21N3O4. The number of nitro benzene ring substituents is 1. The van der Waals surface area contributed by atoms with Crippen LogP contribution in [0.4, 0.5) is 11.4 Å². The van der Waals surface area contributed by atoms with Crippen molar-refractivity contribution in [1.82, 2.24) is 4.90 Å². The van der Waals surface area contributed by atoms with Crippen LogP contribution in [0, 0.1) is 10.1 Å². The third-order valence-corrected chi connectivity index (χ3v) is 3.42. The van der Waals surface area contributed by atoms with Crippen molar-refractivity contribution in [3.8, 4) is 0 Å². The monoisotopic (exact) mass is 295 g/mol. The Morgan fingerprint density at radius 2 is 2.10 bits per heavy atom. The van der Waals surface area contributed by atoms with Crippen molar-refractivity contribution < 1.29 is 14.8 Å².